The highest BCUT2D eigenvalue weighted by Crippen LogP contribution is 2.21. The van der Waals surface area contributed by atoms with Gasteiger partial charge in [0.15, 0.2) is 0 Å². The number of benzene rings is 1. The largest absolute Gasteiger partial charge is 0.389 e. The summed E-state index contributed by atoms with van der Waals surface area (Å²) in [6.07, 6.45) is -8.10. The Morgan fingerprint density at radius 3 is 2.67 bits per heavy atom. The third kappa shape index (κ3) is 7.22. The minimum atomic E-state index is -4.39. The monoisotopic (exact) mass is 473 g/mol. The molecule has 3 rings (SSSR count). The molecular weight excluding hydrogens is 453 g/mol. The highest BCUT2D eigenvalue weighted by atomic mass is 19.4. The van der Waals surface area contributed by atoms with Gasteiger partial charge in [-0.05, 0) is 17.7 Å². The zero-order chi connectivity index (χ0) is 24.0. The van der Waals surface area contributed by atoms with Crippen molar-refractivity contribution in [3.05, 3.63) is 41.7 Å². The van der Waals surface area contributed by atoms with E-state index in [0.717, 1.165) is 11.0 Å². The highest BCUT2D eigenvalue weighted by Gasteiger charge is 2.27. The number of nitrogens with zero attached hydrogens (tertiary/aromatic N) is 4. The number of carbonyl (C=O) groups excluding carboxylic acids is 2. The predicted octanol–water partition coefficient (Wildman–Crippen LogP) is 2.70. The Bertz CT molecular complexity index is 1110. The van der Waals surface area contributed by atoms with Gasteiger partial charge in [0.2, 0.25) is 18.2 Å². The van der Waals surface area contributed by atoms with E-state index in [0.29, 0.717) is 22.4 Å². The summed E-state index contributed by atoms with van der Waals surface area (Å²) < 4.78 is 62.4. The molecule has 0 radical (unpaired) electrons. The second-order valence-corrected chi connectivity index (χ2v) is 7.10. The first kappa shape index (κ1) is 24.1. The minimum absolute atomic E-state index is 0.00126. The smallest absolute Gasteiger partial charge is 0.352 e. The Morgan fingerprint density at radius 2 is 1.94 bits per heavy atom. The molecule has 0 saturated heterocycles. The highest BCUT2D eigenvalue weighted by molar-refractivity contribution is 5.90. The summed E-state index contributed by atoms with van der Waals surface area (Å²) in [4.78, 5) is 35.0. The predicted molar refractivity (Wildman–Crippen MR) is 105 cm³/mol. The third-order valence-electron chi connectivity index (χ3n) is 4.51. The van der Waals surface area contributed by atoms with Crippen LogP contribution in [0.2, 0.25) is 0 Å². The molecule has 0 spiro atoms. The zero-order valence-corrected chi connectivity index (χ0v) is 17.1. The molecule has 178 valence electrons. The van der Waals surface area contributed by atoms with Gasteiger partial charge in [0.05, 0.1) is 24.0 Å². The van der Waals surface area contributed by atoms with Crippen LogP contribution in [-0.4, -0.2) is 49.1 Å². The number of halogens is 5. The average Bonchev–Trinajstić information content (AvgIpc) is 3.38. The average molecular weight is 473 g/mol. The Balaban J connectivity index is 1.55. The van der Waals surface area contributed by atoms with Gasteiger partial charge in [-0.15, -0.1) is 0 Å². The summed E-state index contributed by atoms with van der Waals surface area (Å²) in [5, 5.41) is 8.77. The normalized spacial score (nSPS) is 11.8. The molecule has 0 fully saturated rings. The van der Waals surface area contributed by atoms with E-state index in [9.17, 15) is 31.5 Å². The topological polar surface area (TPSA) is 118 Å². The number of carbonyl (C=O) groups is 2. The van der Waals surface area contributed by atoms with Gasteiger partial charge in [0.1, 0.15) is 12.2 Å². The Kier molecular flexibility index (Phi) is 7.55. The van der Waals surface area contributed by atoms with Crippen LogP contribution in [0, 0.1) is 0 Å². The molecule has 9 nitrogen and oxygen atoms in total. The van der Waals surface area contributed by atoms with Gasteiger partial charge >= 0.3 is 6.18 Å². The fourth-order valence-electron chi connectivity index (χ4n) is 2.91. The summed E-state index contributed by atoms with van der Waals surface area (Å²) in [5.74, 6) is -1.01. The van der Waals surface area contributed by atoms with Crippen LogP contribution in [0.15, 0.2) is 24.5 Å². The van der Waals surface area contributed by atoms with Crippen molar-refractivity contribution < 1.29 is 31.5 Å². The maximum Gasteiger partial charge on any atom is 0.389 e. The number of amides is 2. The van der Waals surface area contributed by atoms with Crippen molar-refractivity contribution in [1.82, 2.24) is 35.4 Å². The molecular formula is C19H20F5N7O2. The number of hydrogen-bond donors (Lipinski definition) is 3. The van der Waals surface area contributed by atoms with Crippen molar-refractivity contribution in [3.8, 4) is 0 Å². The van der Waals surface area contributed by atoms with Gasteiger partial charge in [-0.25, -0.2) is 23.4 Å². The van der Waals surface area contributed by atoms with E-state index in [-0.39, 0.29) is 25.5 Å². The Labute approximate surface area is 183 Å². The number of H-pyrrole nitrogens is 1. The molecule has 0 bridgehead atoms. The summed E-state index contributed by atoms with van der Waals surface area (Å²) in [5.41, 5.74) is 1.82. The number of aromatic nitrogens is 5. The molecule has 3 N–H and O–H groups in total. The lowest BCUT2D eigenvalue weighted by Gasteiger charge is -2.07. The first-order chi connectivity index (χ1) is 15.6. The lowest BCUT2D eigenvalue weighted by atomic mass is 10.2. The van der Waals surface area contributed by atoms with Gasteiger partial charge in [-0.2, -0.15) is 18.3 Å². The van der Waals surface area contributed by atoms with Crippen molar-refractivity contribution in [1.29, 1.82) is 0 Å². The van der Waals surface area contributed by atoms with E-state index in [1.54, 1.807) is 18.2 Å². The second kappa shape index (κ2) is 10.4. The quantitative estimate of drug-likeness (QED) is 0.392. The standard InChI is InChI=1S/C19H20F5N7O2/c20-14(21)4-6-31-17(27-10-28-31)18(33)26-9-15-29-12-2-1-11(7-13(12)30-15)8-25-16(32)3-5-19(22,23)24/h1-2,7,10,14H,3-6,8-9H2,(H,25,32)(H,26,33)(H,29,30). The van der Waals surface area contributed by atoms with E-state index in [1.807, 2.05) is 0 Å². The van der Waals surface area contributed by atoms with Gasteiger partial charge in [-0.1, -0.05) is 6.07 Å². The molecule has 0 aliphatic rings. The number of hydrogen-bond acceptors (Lipinski definition) is 5. The summed E-state index contributed by atoms with van der Waals surface area (Å²) in [6.45, 7) is -0.106. The molecule has 0 atom stereocenters. The molecule has 2 aromatic heterocycles. The number of imidazole rings is 1. The zero-order valence-electron chi connectivity index (χ0n) is 17.1. The summed E-state index contributed by atoms with van der Waals surface area (Å²) >= 11 is 0. The second-order valence-electron chi connectivity index (χ2n) is 7.10. The maximum absolute atomic E-state index is 12.4. The van der Waals surface area contributed by atoms with Crippen molar-refractivity contribution >= 4 is 22.8 Å². The number of aryl methyl sites for hydroxylation is 1. The van der Waals surface area contributed by atoms with Crippen molar-refractivity contribution in [2.45, 2.75) is 51.5 Å². The van der Waals surface area contributed by atoms with E-state index in [4.69, 9.17) is 0 Å². The van der Waals surface area contributed by atoms with Crippen LogP contribution in [0.25, 0.3) is 11.0 Å². The molecule has 0 unspecified atom stereocenters. The van der Waals surface area contributed by atoms with Crippen LogP contribution >= 0.6 is 0 Å². The van der Waals surface area contributed by atoms with Gasteiger partial charge in [0, 0.05) is 25.9 Å². The van der Waals surface area contributed by atoms with Crippen molar-refractivity contribution in [3.63, 3.8) is 0 Å². The van der Waals surface area contributed by atoms with Gasteiger partial charge in [0.25, 0.3) is 5.91 Å². The van der Waals surface area contributed by atoms with Gasteiger partial charge in [-0.3, -0.25) is 9.59 Å². The van der Waals surface area contributed by atoms with E-state index in [1.165, 1.54) is 0 Å². The summed E-state index contributed by atoms with van der Waals surface area (Å²) in [7, 11) is 0. The Hall–Kier alpha value is -3.58. The van der Waals surface area contributed by atoms with Crippen LogP contribution < -0.4 is 10.6 Å². The molecule has 1 aromatic carbocycles. The number of rotatable bonds is 10. The van der Waals surface area contributed by atoms with E-state index in [2.05, 4.69) is 30.7 Å². The van der Waals surface area contributed by atoms with Crippen molar-refractivity contribution in [2.24, 2.45) is 0 Å². The Morgan fingerprint density at radius 1 is 1.15 bits per heavy atom. The molecule has 0 aliphatic heterocycles. The third-order valence-corrected chi connectivity index (χ3v) is 4.51. The number of fused-ring (bicyclic) bond motifs is 1. The number of alkyl halides is 5. The SMILES string of the molecule is O=C(CCC(F)(F)F)NCc1ccc2nc(CNC(=O)c3ncnn3CCC(F)F)[nH]c2c1. The lowest BCUT2D eigenvalue weighted by molar-refractivity contribution is -0.144. The molecule has 14 heteroatoms. The molecule has 2 heterocycles. The molecule has 0 saturated carbocycles. The van der Waals surface area contributed by atoms with Crippen LogP contribution in [0.4, 0.5) is 22.0 Å². The molecule has 33 heavy (non-hydrogen) atoms. The first-order valence-electron chi connectivity index (χ1n) is 9.86. The van der Waals surface area contributed by atoms with Crippen LogP contribution in [0.3, 0.4) is 0 Å². The van der Waals surface area contributed by atoms with Crippen LogP contribution in [0.5, 0.6) is 0 Å². The first-order valence-corrected chi connectivity index (χ1v) is 9.86. The number of nitrogens with one attached hydrogen (secondary N) is 3. The van der Waals surface area contributed by atoms with Crippen LogP contribution in [-0.2, 0) is 24.4 Å². The minimum Gasteiger partial charge on any atom is -0.352 e. The molecule has 2 amide bonds. The molecule has 0 aliphatic carbocycles. The van der Waals surface area contributed by atoms with E-state index < -0.39 is 43.7 Å². The van der Waals surface area contributed by atoms with Crippen molar-refractivity contribution in [2.75, 3.05) is 0 Å². The van der Waals surface area contributed by atoms with Crippen LogP contribution in [0.1, 0.15) is 41.3 Å². The van der Waals surface area contributed by atoms with Gasteiger partial charge < -0.3 is 15.6 Å². The van der Waals surface area contributed by atoms with E-state index >= 15 is 0 Å². The lowest BCUT2D eigenvalue weighted by Crippen LogP contribution is -2.27. The summed E-state index contributed by atoms with van der Waals surface area (Å²) in [6, 6.07) is 5.01. The number of aromatic amines is 1. The maximum atomic E-state index is 12.4. The fraction of sp³-hybridized carbons (Fsp3) is 0.421. The molecule has 3 aromatic rings. The fourth-order valence-corrected chi connectivity index (χ4v) is 2.91.